The summed E-state index contributed by atoms with van der Waals surface area (Å²) in [5.74, 6) is 2.34. The molecule has 0 aliphatic carbocycles. The highest BCUT2D eigenvalue weighted by Crippen LogP contribution is 2.32. The Morgan fingerprint density at radius 2 is 2.14 bits per heavy atom. The van der Waals surface area contributed by atoms with Crippen LogP contribution in [0, 0.1) is 0 Å². The van der Waals surface area contributed by atoms with Gasteiger partial charge >= 0.3 is 0 Å². The van der Waals surface area contributed by atoms with Crippen LogP contribution in [-0.2, 0) is 6.54 Å². The maximum absolute atomic E-state index is 6.12. The lowest BCUT2D eigenvalue weighted by Gasteiger charge is -2.17. The molecule has 1 heterocycles. The molecule has 0 radical (unpaired) electrons. The molecule has 1 aromatic carbocycles. The van der Waals surface area contributed by atoms with Gasteiger partial charge in [-0.1, -0.05) is 36.5 Å². The van der Waals surface area contributed by atoms with Crippen LogP contribution in [0.25, 0.3) is 0 Å². The lowest BCUT2D eigenvalue weighted by atomic mass is 10.4. The van der Waals surface area contributed by atoms with E-state index in [2.05, 4.69) is 16.5 Å². The Morgan fingerprint density at radius 1 is 1.27 bits per heavy atom. The molecule has 2 nitrogen and oxygen atoms in total. The SMILES string of the molecule is CCCCSCC(Cn1ccnc1)Sc1ccc(Cl)c(Cl)c1. The summed E-state index contributed by atoms with van der Waals surface area (Å²) < 4.78 is 2.13. The van der Waals surface area contributed by atoms with Crippen molar-refractivity contribution >= 4 is 46.7 Å². The van der Waals surface area contributed by atoms with Crippen molar-refractivity contribution < 1.29 is 0 Å². The molecule has 0 saturated carbocycles. The molecule has 0 amide bonds. The van der Waals surface area contributed by atoms with Crippen molar-refractivity contribution in [1.29, 1.82) is 0 Å². The molecule has 1 aromatic heterocycles. The molecule has 2 aromatic rings. The zero-order valence-electron chi connectivity index (χ0n) is 12.5. The molecular formula is C16H20Cl2N2S2. The zero-order chi connectivity index (χ0) is 15.8. The number of rotatable bonds is 9. The Balaban J connectivity index is 1.97. The van der Waals surface area contributed by atoms with Crippen LogP contribution in [-0.4, -0.2) is 26.3 Å². The molecular weight excluding hydrogens is 355 g/mol. The minimum Gasteiger partial charge on any atom is -0.336 e. The van der Waals surface area contributed by atoms with Crippen LogP contribution in [0.2, 0.25) is 10.0 Å². The van der Waals surface area contributed by atoms with Crippen LogP contribution in [0.1, 0.15) is 19.8 Å². The maximum atomic E-state index is 6.12. The van der Waals surface area contributed by atoms with E-state index in [1.807, 2.05) is 60.4 Å². The Kier molecular flexibility index (Phi) is 8.01. The molecule has 0 aliphatic heterocycles. The van der Waals surface area contributed by atoms with Crippen molar-refractivity contribution in [3.8, 4) is 0 Å². The highest BCUT2D eigenvalue weighted by atomic mass is 35.5. The van der Waals surface area contributed by atoms with Gasteiger partial charge in [-0.05, 0) is 30.4 Å². The third-order valence-corrected chi connectivity index (χ3v) is 6.45. The third-order valence-electron chi connectivity index (χ3n) is 3.11. The highest BCUT2D eigenvalue weighted by molar-refractivity contribution is 8.03. The van der Waals surface area contributed by atoms with Crippen molar-refractivity contribution in [3.05, 3.63) is 47.0 Å². The van der Waals surface area contributed by atoms with Crippen LogP contribution in [0.5, 0.6) is 0 Å². The fourth-order valence-corrected chi connectivity index (χ4v) is 4.87. The predicted molar refractivity (Wildman–Crippen MR) is 101 cm³/mol. The fraction of sp³-hybridized carbons (Fsp3) is 0.438. The van der Waals surface area contributed by atoms with Crippen LogP contribution < -0.4 is 0 Å². The van der Waals surface area contributed by atoms with Gasteiger partial charge in [-0.15, -0.1) is 11.8 Å². The number of hydrogen-bond acceptors (Lipinski definition) is 3. The fourth-order valence-electron chi connectivity index (χ4n) is 1.96. The Hall–Kier alpha value is -0.290. The summed E-state index contributed by atoms with van der Waals surface area (Å²) in [4.78, 5) is 5.29. The molecule has 6 heteroatoms. The van der Waals surface area contributed by atoms with E-state index in [0.717, 1.165) is 17.2 Å². The summed E-state index contributed by atoms with van der Waals surface area (Å²) in [6.45, 7) is 3.18. The van der Waals surface area contributed by atoms with Gasteiger partial charge in [0.25, 0.3) is 0 Å². The van der Waals surface area contributed by atoms with Crippen molar-refractivity contribution in [2.24, 2.45) is 0 Å². The summed E-state index contributed by atoms with van der Waals surface area (Å²) in [6, 6.07) is 5.85. The Bertz CT molecular complexity index is 561. The molecule has 1 atom stereocenters. The number of halogens is 2. The normalized spacial score (nSPS) is 12.5. The molecule has 0 bridgehead atoms. The summed E-state index contributed by atoms with van der Waals surface area (Å²) in [6.07, 6.45) is 8.24. The predicted octanol–water partition coefficient (Wildman–Crippen LogP) is 5.88. The van der Waals surface area contributed by atoms with Gasteiger partial charge in [0.15, 0.2) is 0 Å². The van der Waals surface area contributed by atoms with Crippen molar-refractivity contribution in [2.45, 2.75) is 36.5 Å². The van der Waals surface area contributed by atoms with Crippen molar-refractivity contribution in [1.82, 2.24) is 9.55 Å². The molecule has 0 spiro atoms. The maximum Gasteiger partial charge on any atom is 0.0946 e. The number of thioether (sulfide) groups is 2. The van der Waals surface area contributed by atoms with E-state index in [9.17, 15) is 0 Å². The molecule has 22 heavy (non-hydrogen) atoms. The summed E-state index contributed by atoms with van der Waals surface area (Å²) in [5.41, 5.74) is 0. The first-order valence-corrected chi connectivity index (χ1v) is 10.1. The van der Waals surface area contributed by atoms with Gasteiger partial charge in [0.2, 0.25) is 0 Å². The second-order valence-electron chi connectivity index (χ2n) is 5.00. The van der Waals surface area contributed by atoms with E-state index in [0.29, 0.717) is 15.3 Å². The van der Waals surface area contributed by atoms with Gasteiger partial charge < -0.3 is 4.57 Å². The second kappa shape index (κ2) is 9.76. The molecule has 0 fully saturated rings. The Labute approximate surface area is 151 Å². The second-order valence-corrected chi connectivity index (χ2v) is 8.34. The van der Waals surface area contributed by atoms with E-state index in [-0.39, 0.29) is 0 Å². The van der Waals surface area contributed by atoms with E-state index in [1.165, 1.54) is 18.6 Å². The van der Waals surface area contributed by atoms with Gasteiger partial charge in [-0.2, -0.15) is 11.8 Å². The smallest absolute Gasteiger partial charge is 0.0946 e. The standard InChI is InChI=1S/C16H20Cl2N2S2/c1-2-3-8-21-11-14(10-20-7-6-19-12-20)22-13-4-5-15(17)16(18)9-13/h4-7,9,12,14H,2-3,8,10-11H2,1H3. The lowest BCUT2D eigenvalue weighted by molar-refractivity contribution is 0.695. The number of hydrogen-bond donors (Lipinski definition) is 0. The van der Waals surface area contributed by atoms with Gasteiger partial charge in [0.1, 0.15) is 0 Å². The summed E-state index contributed by atoms with van der Waals surface area (Å²) >= 11 is 16.0. The van der Waals surface area contributed by atoms with Crippen LogP contribution in [0.3, 0.4) is 0 Å². The van der Waals surface area contributed by atoms with Gasteiger partial charge in [-0.3, -0.25) is 0 Å². The molecule has 0 N–H and O–H groups in total. The van der Waals surface area contributed by atoms with E-state index >= 15 is 0 Å². The minimum atomic E-state index is 0.480. The van der Waals surface area contributed by atoms with Gasteiger partial charge in [0, 0.05) is 34.8 Å². The van der Waals surface area contributed by atoms with Crippen LogP contribution in [0.15, 0.2) is 41.8 Å². The number of aromatic nitrogens is 2. The number of imidazole rings is 1. The molecule has 120 valence electrons. The van der Waals surface area contributed by atoms with E-state index in [1.54, 1.807) is 0 Å². The van der Waals surface area contributed by atoms with Crippen LogP contribution >= 0.6 is 46.7 Å². The zero-order valence-corrected chi connectivity index (χ0v) is 15.7. The van der Waals surface area contributed by atoms with Gasteiger partial charge in [-0.25, -0.2) is 4.98 Å². The van der Waals surface area contributed by atoms with E-state index < -0.39 is 0 Å². The first-order valence-electron chi connectivity index (χ1n) is 7.34. The highest BCUT2D eigenvalue weighted by Gasteiger charge is 2.13. The van der Waals surface area contributed by atoms with Gasteiger partial charge in [0.05, 0.1) is 16.4 Å². The minimum absolute atomic E-state index is 0.480. The third kappa shape index (κ3) is 6.07. The summed E-state index contributed by atoms with van der Waals surface area (Å²) in [5, 5.41) is 1.70. The largest absolute Gasteiger partial charge is 0.336 e. The topological polar surface area (TPSA) is 17.8 Å². The number of nitrogens with zero attached hydrogens (tertiary/aromatic N) is 2. The quantitative estimate of drug-likeness (QED) is 0.402. The molecule has 1 unspecified atom stereocenters. The van der Waals surface area contributed by atoms with Crippen LogP contribution in [0.4, 0.5) is 0 Å². The van der Waals surface area contributed by atoms with E-state index in [4.69, 9.17) is 23.2 Å². The molecule has 0 aliphatic rings. The first-order chi connectivity index (χ1) is 10.7. The number of unbranched alkanes of at least 4 members (excludes halogenated alkanes) is 1. The van der Waals surface area contributed by atoms with Crippen molar-refractivity contribution in [3.63, 3.8) is 0 Å². The first kappa shape index (κ1) is 18.1. The molecule has 2 rings (SSSR count). The van der Waals surface area contributed by atoms with Crippen molar-refractivity contribution in [2.75, 3.05) is 11.5 Å². The monoisotopic (exact) mass is 374 g/mol. The average molecular weight is 375 g/mol. The Morgan fingerprint density at radius 3 is 2.82 bits per heavy atom. The molecule has 0 saturated heterocycles. The number of benzene rings is 1. The summed E-state index contributed by atoms with van der Waals surface area (Å²) in [7, 11) is 0. The lowest BCUT2D eigenvalue weighted by Crippen LogP contribution is -2.15. The average Bonchev–Trinajstić information content (AvgIpc) is 3.00.